The number of ether oxygens (including phenoxy) is 1. The molecule has 9 heteroatoms. The summed E-state index contributed by atoms with van der Waals surface area (Å²) in [5, 5.41) is 12.9. The summed E-state index contributed by atoms with van der Waals surface area (Å²) in [5.74, 6) is -0.794. The molecule has 5 rings (SSSR count). The minimum atomic E-state index is -0.794. The summed E-state index contributed by atoms with van der Waals surface area (Å²) in [6.07, 6.45) is 1.85. The first-order valence-electron chi connectivity index (χ1n) is 11.8. The number of hydrogen-bond acceptors (Lipinski definition) is 6. The Labute approximate surface area is 223 Å². The predicted octanol–water partition coefficient (Wildman–Crippen LogP) is 7.26. The molecule has 0 bridgehead atoms. The molecule has 2 aromatic carbocycles. The van der Waals surface area contributed by atoms with Gasteiger partial charge in [0.1, 0.15) is 6.10 Å². The molecule has 7 nitrogen and oxygen atoms in total. The van der Waals surface area contributed by atoms with Crippen molar-refractivity contribution in [1.29, 1.82) is 0 Å². The number of carboxylic acid groups (broad SMARTS) is 1. The lowest BCUT2D eigenvalue weighted by molar-refractivity contribution is -0.140. The standard InChI is InChI=1S/C28H24ClN3O4S/c1-16-24(31-27(35)36-17(2)21-5-3-4-6-22(21)29)25(37-32-16)19-9-7-18(8-10-19)23-12-11-20(15-30-23)28(13-14-28)26(33)34/h3-12,15,17H,13-14H2,1-2H3,(H,31,35)(H,33,34)/t17-/m1/s1. The second-order valence-electron chi connectivity index (χ2n) is 9.06. The van der Waals surface area contributed by atoms with Crippen LogP contribution in [0.15, 0.2) is 66.9 Å². The molecule has 2 heterocycles. The summed E-state index contributed by atoms with van der Waals surface area (Å²) in [4.78, 5) is 29.6. The number of carbonyl (C=O) groups is 2. The first kappa shape index (κ1) is 24.9. The number of anilines is 1. The quantitative estimate of drug-likeness (QED) is 0.259. The van der Waals surface area contributed by atoms with Gasteiger partial charge in [-0.2, -0.15) is 4.37 Å². The summed E-state index contributed by atoms with van der Waals surface area (Å²) in [5.41, 5.74) is 4.54. The van der Waals surface area contributed by atoms with E-state index in [4.69, 9.17) is 16.3 Å². The number of pyridine rings is 1. The van der Waals surface area contributed by atoms with E-state index in [1.807, 2.05) is 61.5 Å². The maximum Gasteiger partial charge on any atom is 0.412 e. The summed E-state index contributed by atoms with van der Waals surface area (Å²) in [7, 11) is 0. The Hall–Kier alpha value is -3.75. The number of aliphatic carboxylic acids is 1. The summed E-state index contributed by atoms with van der Waals surface area (Å²) in [6.45, 7) is 3.60. The third-order valence-corrected chi connectivity index (χ3v) is 7.97. The van der Waals surface area contributed by atoms with Gasteiger partial charge < -0.3 is 9.84 Å². The van der Waals surface area contributed by atoms with Gasteiger partial charge in [-0.15, -0.1) is 0 Å². The fourth-order valence-corrected chi connectivity index (χ4v) is 5.41. The van der Waals surface area contributed by atoms with Crippen molar-refractivity contribution in [2.24, 2.45) is 0 Å². The first-order chi connectivity index (χ1) is 17.8. The Morgan fingerprint density at radius 2 is 1.78 bits per heavy atom. The van der Waals surface area contributed by atoms with Gasteiger partial charge in [-0.1, -0.05) is 60.1 Å². The normalized spacial score (nSPS) is 14.6. The van der Waals surface area contributed by atoms with Crippen LogP contribution in [0.5, 0.6) is 0 Å². The predicted molar refractivity (Wildman–Crippen MR) is 144 cm³/mol. The minimum Gasteiger partial charge on any atom is -0.481 e. The van der Waals surface area contributed by atoms with E-state index >= 15 is 0 Å². The Balaban J connectivity index is 1.30. The second-order valence-corrected chi connectivity index (χ2v) is 10.2. The molecule has 0 radical (unpaired) electrons. The third-order valence-electron chi connectivity index (χ3n) is 6.64. The number of halogens is 1. The lowest BCUT2D eigenvalue weighted by Gasteiger charge is -2.16. The molecule has 2 aromatic heterocycles. The zero-order chi connectivity index (χ0) is 26.2. The lowest BCUT2D eigenvalue weighted by atomic mass is 9.97. The number of nitrogens with zero attached hydrogens (tertiary/aromatic N) is 2. The van der Waals surface area contributed by atoms with Crippen LogP contribution in [0.2, 0.25) is 5.02 Å². The molecule has 1 fully saturated rings. The number of nitrogens with one attached hydrogen (secondary N) is 1. The molecule has 188 valence electrons. The SMILES string of the molecule is Cc1nsc(-c2ccc(-c3ccc(C4(C(=O)O)CC4)cn3)cc2)c1NC(=O)O[C@H](C)c1ccccc1Cl. The molecule has 0 spiro atoms. The largest absolute Gasteiger partial charge is 0.481 e. The molecule has 1 saturated carbocycles. The molecule has 1 atom stereocenters. The van der Waals surface area contributed by atoms with Gasteiger partial charge in [0.25, 0.3) is 0 Å². The minimum absolute atomic E-state index is 0.521. The maximum absolute atomic E-state index is 12.7. The van der Waals surface area contributed by atoms with E-state index in [9.17, 15) is 14.7 Å². The van der Waals surface area contributed by atoms with Crippen LogP contribution in [-0.4, -0.2) is 26.5 Å². The first-order valence-corrected chi connectivity index (χ1v) is 12.9. The van der Waals surface area contributed by atoms with Crippen molar-refractivity contribution in [3.8, 4) is 21.7 Å². The van der Waals surface area contributed by atoms with Crippen molar-refractivity contribution >= 4 is 40.9 Å². The Morgan fingerprint density at radius 1 is 1.08 bits per heavy atom. The molecule has 0 saturated heterocycles. The van der Waals surface area contributed by atoms with E-state index in [1.165, 1.54) is 11.5 Å². The highest BCUT2D eigenvalue weighted by molar-refractivity contribution is 7.10. The van der Waals surface area contributed by atoms with Crippen LogP contribution in [0.1, 0.15) is 42.7 Å². The highest BCUT2D eigenvalue weighted by Crippen LogP contribution is 2.48. The number of aromatic nitrogens is 2. The van der Waals surface area contributed by atoms with Gasteiger partial charge in [-0.25, -0.2) is 4.79 Å². The summed E-state index contributed by atoms with van der Waals surface area (Å²) >= 11 is 7.52. The molecule has 1 amide bonds. The van der Waals surface area contributed by atoms with E-state index < -0.39 is 23.6 Å². The van der Waals surface area contributed by atoms with Gasteiger partial charge in [-0.05, 0) is 61.5 Å². The van der Waals surface area contributed by atoms with Gasteiger partial charge in [0, 0.05) is 22.3 Å². The second kappa shape index (κ2) is 9.95. The van der Waals surface area contributed by atoms with Crippen molar-refractivity contribution in [1.82, 2.24) is 9.36 Å². The van der Waals surface area contributed by atoms with Crippen molar-refractivity contribution < 1.29 is 19.4 Å². The van der Waals surface area contributed by atoms with E-state index in [-0.39, 0.29) is 0 Å². The number of hydrogen-bond donors (Lipinski definition) is 2. The zero-order valence-corrected chi connectivity index (χ0v) is 21.8. The molecule has 1 aliphatic carbocycles. The van der Waals surface area contributed by atoms with Crippen LogP contribution in [0.4, 0.5) is 10.5 Å². The summed E-state index contributed by atoms with van der Waals surface area (Å²) in [6, 6.07) is 18.7. The van der Waals surface area contributed by atoms with E-state index in [1.54, 1.807) is 19.2 Å². The highest BCUT2D eigenvalue weighted by Gasteiger charge is 2.51. The number of carboxylic acids is 1. The summed E-state index contributed by atoms with van der Waals surface area (Å²) < 4.78 is 9.98. The van der Waals surface area contributed by atoms with Crippen molar-refractivity contribution in [2.45, 2.75) is 38.2 Å². The molecular weight excluding hydrogens is 510 g/mol. The van der Waals surface area contributed by atoms with Gasteiger partial charge >= 0.3 is 12.1 Å². The Bertz CT molecular complexity index is 1460. The Kier molecular flexibility index (Phi) is 6.70. The van der Waals surface area contributed by atoms with Gasteiger partial charge in [0.05, 0.1) is 27.4 Å². The molecule has 0 unspecified atom stereocenters. The molecule has 2 N–H and O–H groups in total. The number of carbonyl (C=O) groups excluding carboxylic acids is 1. The molecule has 0 aliphatic heterocycles. The maximum atomic E-state index is 12.7. The van der Waals surface area contributed by atoms with Crippen LogP contribution in [0, 0.1) is 6.92 Å². The van der Waals surface area contributed by atoms with Crippen LogP contribution >= 0.6 is 23.1 Å². The smallest absolute Gasteiger partial charge is 0.412 e. The van der Waals surface area contributed by atoms with Crippen LogP contribution in [0.25, 0.3) is 21.7 Å². The van der Waals surface area contributed by atoms with Crippen LogP contribution in [-0.2, 0) is 14.9 Å². The molecular formula is C28H24ClN3O4S. The Morgan fingerprint density at radius 3 is 2.41 bits per heavy atom. The van der Waals surface area contributed by atoms with E-state index in [0.29, 0.717) is 29.2 Å². The molecule has 1 aliphatic rings. The van der Waals surface area contributed by atoms with Gasteiger partial charge in [0.15, 0.2) is 0 Å². The van der Waals surface area contributed by atoms with Crippen molar-refractivity contribution in [3.63, 3.8) is 0 Å². The van der Waals surface area contributed by atoms with Crippen LogP contribution in [0.3, 0.4) is 0 Å². The number of rotatable bonds is 7. The van der Waals surface area contributed by atoms with Gasteiger partial charge in [-0.3, -0.25) is 15.1 Å². The molecule has 37 heavy (non-hydrogen) atoms. The fourth-order valence-electron chi connectivity index (χ4n) is 4.27. The number of benzene rings is 2. The highest BCUT2D eigenvalue weighted by atomic mass is 35.5. The lowest BCUT2D eigenvalue weighted by Crippen LogP contribution is -2.19. The van der Waals surface area contributed by atoms with E-state index in [0.717, 1.165) is 32.8 Å². The molecule has 4 aromatic rings. The average molecular weight is 534 g/mol. The average Bonchev–Trinajstić information content (AvgIpc) is 3.64. The third kappa shape index (κ3) is 4.95. The zero-order valence-electron chi connectivity index (χ0n) is 20.2. The van der Waals surface area contributed by atoms with E-state index in [2.05, 4.69) is 14.7 Å². The fraction of sp³-hybridized carbons (Fsp3) is 0.214. The van der Waals surface area contributed by atoms with Crippen molar-refractivity contribution in [3.05, 3.63) is 88.7 Å². The number of aryl methyl sites for hydroxylation is 1. The van der Waals surface area contributed by atoms with Crippen molar-refractivity contribution in [2.75, 3.05) is 5.32 Å². The monoisotopic (exact) mass is 533 g/mol. The van der Waals surface area contributed by atoms with Gasteiger partial charge in [0.2, 0.25) is 0 Å². The van der Waals surface area contributed by atoms with Crippen LogP contribution < -0.4 is 5.32 Å². The number of amides is 1. The topological polar surface area (TPSA) is 101 Å².